The quantitative estimate of drug-likeness (QED) is 0.639. The third kappa shape index (κ3) is 3.38. The molecule has 0 bridgehead atoms. The van der Waals surface area contributed by atoms with E-state index in [1.165, 1.54) is 0 Å². The van der Waals surface area contributed by atoms with Crippen LogP contribution < -0.4 is 14.5 Å². The van der Waals surface area contributed by atoms with Crippen molar-refractivity contribution in [1.82, 2.24) is 0 Å². The minimum absolute atomic E-state index is 0.0860. The molecule has 0 aliphatic carbocycles. The number of hydrogen-bond donors (Lipinski definition) is 0. The fourth-order valence-electron chi connectivity index (χ4n) is 3.60. The summed E-state index contributed by atoms with van der Waals surface area (Å²) in [4.78, 5) is 17.9. The molecule has 0 saturated carbocycles. The maximum absolute atomic E-state index is 13.5. The van der Waals surface area contributed by atoms with Crippen LogP contribution in [0.1, 0.15) is 10.4 Å². The molecule has 136 valence electrons. The van der Waals surface area contributed by atoms with Gasteiger partial charge < -0.3 is 14.5 Å². The van der Waals surface area contributed by atoms with Gasteiger partial charge in [-0.2, -0.15) is 0 Å². The zero-order valence-corrected chi connectivity index (χ0v) is 15.3. The van der Waals surface area contributed by atoms with Crippen molar-refractivity contribution in [3.8, 4) is 5.75 Å². The normalized spacial score (nSPS) is 14.4. The Morgan fingerprint density at radius 2 is 1.26 bits per heavy atom. The van der Waals surface area contributed by atoms with Crippen LogP contribution in [0.15, 0.2) is 84.9 Å². The van der Waals surface area contributed by atoms with Crippen molar-refractivity contribution in [3.05, 3.63) is 90.5 Å². The molecule has 1 heterocycles. The second kappa shape index (κ2) is 7.54. The minimum atomic E-state index is -0.372. The van der Waals surface area contributed by atoms with E-state index < -0.39 is 0 Å². The molecular formula is C23H22N2O2. The van der Waals surface area contributed by atoms with Crippen LogP contribution in [-0.2, 0) is 0 Å². The largest absolute Gasteiger partial charge is 0.497 e. The van der Waals surface area contributed by atoms with E-state index in [-0.39, 0.29) is 11.9 Å². The number of methoxy groups -OCH3 is 1. The fraction of sp³-hybridized carbons (Fsp3) is 0.174. The van der Waals surface area contributed by atoms with Crippen LogP contribution in [0.5, 0.6) is 5.75 Å². The molecular weight excluding hydrogens is 336 g/mol. The van der Waals surface area contributed by atoms with Gasteiger partial charge in [-0.05, 0) is 48.5 Å². The monoisotopic (exact) mass is 358 g/mol. The first-order valence-electron chi connectivity index (χ1n) is 9.09. The predicted molar refractivity (Wildman–Crippen MR) is 109 cm³/mol. The van der Waals surface area contributed by atoms with Gasteiger partial charge in [-0.15, -0.1) is 0 Å². The molecule has 27 heavy (non-hydrogen) atoms. The van der Waals surface area contributed by atoms with E-state index in [0.29, 0.717) is 5.56 Å². The minimum Gasteiger partial charge on any atom is -0.497 e. The average molecular weight is 358 g/mol. The summed E-state index contributed by atoms with van der Waals surface area (Å²) in [6.45, 7) is 1.59. The standard InChI is InChI=1S/C23H22N2O2/c1-27-21-14-12-18(13-15-21)22(26)23-24(19-8-4-2-5-9-19)16-17-25(23)20-10-6-3-7-11-20/h2-15,23H,16-17H2,1H3. The van der Waals surface area contributed by atoms with E-state index in [1.807, 2.05) is 60.7 Å². The Bertz CT molecular complexity index is 847. The Labute approximate surface area is 159 Å². The highest BCUT2D eigenvalue weighted by molar-refractivity contribution is 6.04. The molecule has 4 rings (SSSR count). The Balaban J connectivity index is 1.72. The molecule has 0 atom stereocenters. The predicted octanol–water partition coefficient (Wildman–Crippen LogP) is 4.23. The number of ether oxygens (including phenoxy) is 1. The van der Waals surface area contributed by atoms with Gasteiger partial charge in [-0.3, -0.25) is 4.79 Å². The maximum atomic E-state index is 13.5. The first-order chi connectivity index (χ1) is 13.3. The molecule has 3 aromatic carbocycles. The molecule has 0 unspecified atom stereocenters. The lowest BCUT2D eigenvalue weighted by molar-refractivity contribution is 0.0964. The number of benzene rings is 3. The number of rotatable bonds is 5. The van der Waals surface area contributed by atoms with Crippen molar-refractivity contribution in [3.63, 3.8) is 0 Å². The van der Waals surface area contributed by atoms with Crippen LogP contribution in [0.2, 0.25) is 0 Å². The van der Waals surface area contributed by atoms with Crippen LogP contribution in [-0.4, -0.2) is 32.1 Å². The smallest absolute Gasteiger partial charge is 0.205 e. The van der Waals surface area contributed by atoms with Crippen LogP contribution in [0.25, 0.3) is 0 Å². The number of hydrogen-bond acceptors (Lipinski definition) is 4. The molecule has 0 aromatic heterocycles. The van der Waals surface area contributed by atoms with E-state index in [0.717, 1.165) is 30.2 Å². The highest BCUT2D eigenvalue weighted by atomic mass is 16.5. The van der Waals surface area contributed by atoms with Gasteiger partial charge in [0.05, 0.1) is 7.11 Å². The van der Waals surface area contributed by atoms with Crippen molar-refractivity contribution in [2.24, 2.45) is 0 Å². The van der Waals surface area contributed by atoms with Gasteiger partial charge in [0.25, 0.3) is 0 Å². The number of ketones is 1. The summed E-state index contributed by atoms with van der Waals surface area (Å²) >= 11 is 0. The lowest BCUT2D eigenvalue weighted by Gasteiger charge is -2.31. The first kappa shape index (κ1) is 17.2. The lowest BCUT2D eigenvalue weighted by Crippen LogP contribution is -2.45. The first-order valence-corrected chi connectivity index (χ1v) is 9.09. The van der Waals surface area contributed by atoms with Crippen molar-refractivity contribution in [2.75, 3.05) is 30.0 Å². The molecule has 1 aliphatic rings. The molecule has 4 heteroatoms. The van der Waals surface area contributed by atoms with E-state index in [2.05, 4.69) is 34.1 Å². The Hall–Kier alpha value is -3.27. The molecule has 1 fully saturated rings. The second-order valence-electron chi connectivity index (χ2n) is 6.52. The molecule has 1 saturated heterocycles. The van der Waals surface area contributed by atoms with Gasteiger partial charge in [-0.1, -0.05) is 36.4 Å². The van der Waals surface area contributed by atoms with E-state index in [9.17, 15) is 4.79 Å². The van der Waals surface area contributed by atoms with E-state index in [4.69, 9.17) is 4.74 Å². The fourth-order valence-corrected chi connectivity index (χ4v) is 3.60. The Morgan fingerprint density at radius 3 is 1.70 bits per heavy atom. The average Bonchev–Trinajstić information content (AvgIpc) is 3.20. The molecule has 1 aliphatic heterocycles. The zero-order valence-electron chi connectivity index (χ0n) is 15.3. The van der Waals surface area contributed by atoms with Crippen molar-refractivity contribution in [1.29, 1.82) is 0 Å². The van der Waals surface area contributed by atoms with Gasteiger partial charge in [0, 0.05) is 30.0 Å². The molecule has 0 radical (unpaired) electrons. The molecule has 0 amide bonds. The van der Waals surface area contributed by atoms with E-state index in [1.54, 1.807) is 7.11 Å². The second-order valence-corrected chi connectivity index (χ2v) is 6.52. The number of Topliss-reactive ketones (excluding diaryl/α,β-unsaturated/α-hetero) is 1. The Kier molecular flexibility index (Phi) is 4.79. The number of para-hydroxylation sites is 2. The number of nitrogens with zero attached hydrogens (tertiary/aromatic N) is 2. The SMILES string of the molecule is COc1ccc(C(=O)C2N(c3ccccc3)CCN2c2ccccc2)cc1. The molecule has 0 N–H and O–H groups in total. The van der Waals surface area contributed by atoms with Gasteiger partial charge in [-0.25, -0.2) is 0 Å². The highest BCUT2D eigenvalue weighted by Gasteiger charge is 2.38. The van der Waals surface area contributed by atoms with Gasteiger partial charge in [0.1, 0.15) is 5.75 Å². The lowest BCUT2D eigenvalue weighted by atomic mass is 10.1. The van der Waals surface area contributed by atoms with Crippen LogP contribution in [0, 0.1) is 0 Å². The maximum Gasteiger partial charge on any atom is 0.205 e. The zero-order chi connectivity index (χ0) is 18.6. The topological polar surface area (TPSA) is 32.8 Å². The van der Waals surface area contributed by atoms with Crippen LogP contribution >= 0.6 is 0 Å². The third-order valence-electron chi connectivity index (χ3n) is 4.96. The summed E-state index contributed by atoms with van der Waals surface area (Å²) in [6, 6.07) is 27.6. The third-order valence-corrected chi connectivity index (χ3v) is 4.96. The molecule has 3 aromatic rings. The molecule has 0 spiro atoms. The van der Waals surface area contributed by atoms with Gasteiger partial charge in [0.15, 0.2) is 6.17 Å². The summed E-state index contributed by atoms with van der Waals surface area (Å²) in [5.41, 5.74) is 2.80. The van der Waals surface area contributed by atoms with Crippen molar-refractivity contribution < 1.29 is 9.53 Å². The molecule has 4 nitrogen and oxygen atoms in total. The summed E-state index contributed by atoms with van der Waals surface area (Å²) < 4.78 is 5.22. The van der Waals surface area contributed by atoms with Crippen molar-refractivity contribution >= 4 is 17.2 Å². The number of anilines is 2. The highest BCUT2D eigenvalue weighted by Crippen LogP contribution is 2.30. The summed E-state index contributed by atoms with van der Waals surface area (Å²) in [5.74, 6) is 0.834. The van der Waals surface area contributed by atoms with Crippen LogP contribution in [0.4, 0.5) is 11.4 Å². The number of carbonyl (C=O) groups excluding carboxylic acids is 1. The van der Waals surface area contributed by atoms with Crippen LogP contribution in [0.3, 0.4) is 0 Å². The van der Waals surface area contributed by atoms with Gasteiger partial charge in [0.2, 0.25) is 5.78 Å². The number of carbonyl (C=O) groups is 1. The summed E-state index contributed by atoms with van der Waals surface area (Å²) in [5, 5.41) is 0. The van der Waals surface area contributed by atoms with E-state index >= 15 is 0 Å². The van der Waals surface area contributed by atoms with Gasteiger partial charge >= 0.3 is 0 Å². The summed E-state index contributed by atoms with van der Waals surface area (Å²) in [6.07, 6.45) is -0.372. The Morgan fingerprint density at radius 1 is 0.778 bits per heavy atom. The van der Waals surface area contributed by atoms with Crippen molar-refractivity contribution in [2.45, 2.75) is 6.17 Å². The summed E-state index contributed by atoms with van der Waals surface area (Å²) in [7, 11) is 1.63.